The highest BCUT2D eigenvalue weighted by Crippen LogP contribution is 2.41. The molecule has 3 amide bonds. The molecule has 0 spiro atoms. The molecule has 1 saturated carbocycles. The van der Waals surface area contributed by atoms with Crippen LogP contribution in [0.15, 0.2) is 66.7 Å². The fourth-order valence-electron chi connectivity index (χ4n) is 4.24. The van der Waals surface area contributed by atoms with Crippen molar-refractivity contribution in [1.82, 2.24) is 10.6 Å². The van der Waals surface area contributed by atoms with Crippen molar-refractivity contribution in [3.8, 4) is 0 Å². The van der Waals surface area contributed by atoms with E-state index in [2.05, 4.69) is 41.0 Å². The minimum atomic E-state index is -0.330. The van der Waals surface area contributed by atoms with Crippen LogP contribution in [0, 0.1) is 0 Å². The molecule has 6 heteroatoms. The Hall–Kier alpha value is -3.54. The summed E-state index contributed by atoms with van der Waals surface area (Å²) in [7, 11) is 0. The Morgan fingerprint density at radius 3 is 2.71 bits per heavy atom. The third kappa shape index (κ3) is 4.06. The number of fused-ring (bicyclic) bond motifs is 1. The lowest BCUT2D eigenvalue weighted by Crippen LogP contribution is -2.38. The molecule has 1 unspecified atom stereocenters. The van der Waals surface area contributed by atoms with E-state index >= 15 is 0 Å². The number of nitrogens with zero attached hydrogens (tertiary/aromatic N) is 1. The van der Waals surface area contributed by atoms with E-state index < -0.39 is 0 Å². The number of amides is 3. The normalized spacial score (nSPS) is 20.9. The SMILES string of the molecule is CC(NC(=O)N[C@@H]1C[C@H]1c1ccc2ccccc2c1)c1cccc(N2CCOC2=O)c1. The maximum absolute atomic E-state index is 12.6. The van der Waals surface area contributed by atoms with Gasteiger partial charge in [0, 0.05) is 17.6 Å². The van der Waals surface area contributed by atoms with Crippen molar-refractivity contribution < 1.29 is 14.3 Å². The van der Waals surface area contributed by atoms with E-state index in [9.17, 15) is 9.59 Å². The maximum Gasteiger partial charge on any atom is 0.414 e. The summed E-state index contributed by atoms with van der Waals surface area (Å²) in [5.74, 6) is 0.357. The van der Waals surface area contributed by atoms with Crippen LogP contribution in [-0.4, -0.2) is 31.3 Å². The van der Waals surface area contributed by atoms with Crippen LogP contribution in [0.5, 0.6) is 0 Å². The van der Waals surface area contributed by atoms with E-state index in [1.54, 1.807) is 4.90 Å². The quantitative estimate of drug-likeness (QED) is 0.634. The largest absolute Gasteiger partial charge is 0.447 e. The Bertz CT molecular complexity index is 1150. The molecule has 1 aliphatic carbocycles. The van der Waals surface area contributed by atoms with Crippen molar-refractivity contribution in [1.29, 1.82) is 0 Å². The van der Waals surface area contributed by atoms with Crippen molar-refractivity contribution >= 4 is 28.6 Å². The summed E-state index contributed by atoms with van der Waals surface area (Å²) < 4.78 is 5.01. The van der Waals surface area contributed by atoms with Gasteiger partial charge < -0.3 is 15.4 Å². The van der Waals surface area contributed by atoms with Gasteiger partial charge in [0.15, 0.2) is 0 Å². The number of hydrogen-bond donors (Lipinski definition) is 2. The van der Waals surface area contributed by atoms with Gasteiger partial charge in [0.25, 0.3) is 0 Å². The number of anilines is 1. The van der Waals surface area contributed by atoms with Crippen LogP contribution in [-0.2, 0) is 4.74 Å². The number of carbonyl (C=O) groups excluding carboxylic acids is 2. The molecule has 158 valence electrons. The fourth-order valence-corrected chi connectivity index (χ4v) is 4.24. The first kappa shape index (κ1) is 19.4. The smallest absolute Gasteiger partial charge is 0.414 e. The topological polar surface area (TPSA) is 70.7 Å². The first-order valence-electron chi connectivity index (χ1n) is 10.7. The molecule has 31 heavy (non-hydrogen) atoms. The van der Waals surface area contributed by atoms with Crippen LogP contribution in [0.25, 0.3) is 10.8 Å². The molecule has 3 aromatic rings. The highest BCUT2D eigenvalue weighted by Gasteiger charge is 2.39. The van der Waals surface area contributed by atoms with Crippen LogP contribution in [0.4, 0.5) is 15.3 Å². The molecule has 2 fully saturated rings. The van der Waals surface area contributed by atoms with E-state index in [0.29, 0.717) is 19.1 Å². The summed E-state index contributed by atoms with van der Waals surface area (Å²) in [6, 6.07) is 22.3. The number of ether oxygens (including phenoxy) is 1. The molecule has 3 aromatic carbocycles. The van der Waals surface area contributed by atoms with Gasteiger partial charge in [-0.25, -0.2) is 9.59 Å². The monoisotopic (exact) mass is 415 g/mol. The Morgan fingerprint density at radius 2 is 1.90 bits per heavy atom. The summed E-state index contributed by atoms with van der Waals surface area (Å²) >= 11 is 0. The van der Waals surface area contributed by atoms with Crippen LogP contribution >= 0.6 is 0 Å². The number of carbonyl (C=O) groups is 2. The predicted molar refractivity (Wildman–Crippen MR) is 120 cm³/mol. The maximum atomic E-state index is 12.6. The van der Waals surface area contributed by atoms with Gasteiger partial charge >= 0.3 is 12.1 Å². The van der Waals surface area contributed by atoms with E-state index in [1.165, 1.54) is 16.3 Å². The minimum Gasteiger partial charge on any atom is -0.447 e. The molecule has 5 rings (SSSR count). The molecule has 1 heterocycles. The van der Waals surface area contributed by atoms with Gasteiger partial charge in [-0.15, -0.1) is 0 Å². The molecule has 6 nitrogen and oxygen atoms in total. The second kappa shape index (κ2) is 7.95. The van der Waals surface area contributed by atoms with Crippen LogP contribution in [0.2, 0.25) is 0 Å². The minimum absolute atomic E-state index is 0.152. The second-order valence-electron chi connectivity index (χ2n) is 8.26. The fraction of sp³-hybridized carbons (Fsp3) is 0.280. The first-order valence-corrected chi connectivity index (χ1v) is 10.7. The summed E-state index contributed by atoms with van der Waals surface area (Å²) in [6.07, 6.45) is 0.621. The summed E-state index contributed by atoms with van der Waals surface area (Å²) in [6.45, 7) is 2.89. The van der Waals surface area contributed by atoms with Gasteiger partial charge in [0.05, 0.1) is 12.6 Å². The zero-order chi connectivity index (χ0) is 21.4. The standard InChI is InChI=1S/C25H25N3O3/c1-16(18-7-4-8-21(14-18)28-11-12-31-25(28)30)26-24(29)27-23-15-22(23)20-10-9-17-5-2-3-6-19(17)13-20/h2-10,13-14,16,22-23H,11-12,15H2,1H3,(H2,26,27,29)/t16?,22-,23+/m0/s1. The zero-order valence-corrected chi connectivity index (χ0v) is 17.4. The van der Waals surface area contributed by atoms with Gasteiger partial charge in [-0.2, -0.15) is 0 Å². The van der Waals surface area contributed by atoms with Crippen LogP contribution in [0.3, 0.4) is 0 Å². The van der Waals surface area contributed by atoms with E-state index in [0.717, 1.165) is 17.7 Å². The lowest BCUT2D eigenvalue weighted by Gasteiger charge is -2.18. The molecule has 1 saturated heterocycles. The summed E-state index contributed by atoms with van der Waals surface area (Å²) in [5.41, 5.74) is 2.99. The van der Waals surface area contributed by atoms with Crippen molar-refractivity contribution in [2.24, 2.45) is 0 Å². The van der Waals surface area contributed by atoms with Crippen LogP contribution < -0.4 is 15.5 Å². The van der Waals surface area contributed by atoms with Gasteiger partial charge in [0.1, 0.15) is 6.61 Å². The van der Waals surface area contributed by atoms with Crippen molar-refractivity contribution in [3.05, 3.63) is 77.9 Å². The Kier molecular flexibility index (Phi) is 4.98. The lowest BCUT2D eigenvalue weighted by molar-refractivity contribution is 0.181. The first-order chi connectivity index (χ1) is 15.1. The highest BCUT2D eigenvalue weighted by atomic mass is 16.6. The lowest BCUT2D eigenvalue weighted by atomic mass is 10.0. The average molecular weight is 415 g/mol. The molecule has 3 atom stereocenters. The van der Waals surface area contributed by atoms with Gasteiger partial charge in [0.2, 0.25) is 0 Å². The summed E-state index contributed by atoms with van der Waals surface area (Å²) in [5, 5.41) is 8.56. The second-order valence-corrected chi connectivity index (χ2v) is 8.26. The number of hydrogen-bond acceptors (Lipinski definition) is 3. The van der Waals surface area contributed by atoms with Gasteiger partial charge in [-0.3, -0.25) is 4.90 Å². The predicted octanol–water partition coefficient (Wildman–Crippen LogP) is 4.71. The third-order valence-electron chi connectivity index (χ3n) is 6.10. The van der Waals surface area contributed by atoms with Gasteiger partial charge in [-0.05, 0) is 47.4 Å². The third-order valence-corrected chi connectivity index (χ3v) is 6.10. The highest BCUT2D eigenvalue weighted by molar-refractivity contribution is 5.89. The Balaban J connectivity index is 1.19. The number of rotatable bonds is 5. The zero-order valence-electron chi connectivity index (χ0n) is 17.4. The van der Waals surface area contributed by atoms with Crippen molar-refractivity contribution in [3.63, 3.8) is 0 Å². The Morgan fingerprint density at radius 1 is 1.06 bits per heavy atom. The molecule has 2 N–H and O–H groups in total. The van der Waals surface area contributed by atoms with Crippen molar-refractivity contribution in [2.45, 2.75) is 31.3 Å². The number of nitrogens with one attached hydrogen (secondary N) is 2. The van der Waals surface area contributed by atoms with E-state index in [4.69, 9.17) is 4.74 Å². The molecule has 2 aliphatic rings. The van der Waals surface area contributed by atoms with E-state index in [-0.39, 0.29) is 24.2 Å². The molecule has 0 aromatic heterocycles. The van der Waals surface area contributed by atoms with Crippen molar-refractivity contribution in [2.75, 3.05) is 18.1 Å². The summed E-state index contributed by atoms with van der Waals surface area (Å²) in [4.78, 5) is 26.0. The number of cyclic esters (lactones) is 1. The molecule has 1 aliphatic heterocycles. The van der Waals surface area contributed by atoms with E-state index in [1.807, 2.05) is 43.3 Å². The molecular formula is C25H25N3O3. The Labute approximate surface area is 181 Å². The van der Waals surface area contributed by atoms with Crippen LogP contribution in [0.1, 0.15) is 36.4 Å². The average Bonchev–Trinajstić information content (AvgIpc) is 3.41. The molecule has 0 radical (unpaired) electrons. The number of benzene rings is 3. The van der Waals surface area contributed by atoms with Gasteiger partial charge in [-0.1, -0.05) is 54.6 Å². The molecule has 0 bridgehead atoms. The number of urea groups is 1. The molecular weight excluding hydrogens is 390 g/mol.